The summed E-state index contributed by atoms with van der Waals surface area (Å²) in [5.41, 5.74) is 2.73. The predicted molar refractivity (Wildman–Crippen MR) is 135 cm³/mol. The van der Waals surface area contributed by atoms with Crippen LogP contribution in [0.5, 0.6) is 0 Å². The van der Waals surface area contributed by atoms with E-state index < -0.39 is 0 Å². The van der Waals surface area contributed by atoms with Crippen molar-refractivity contribution in [3.05, 3.63) is 42.2 Å². The molecule has 4 rings (SSSR count). The number of nitrogens with one attached hydrogen (secondary N) is 3. The fourth-order valence-corrected chi connectivity index (χ4v) is 3.73. The number of benzene rings is 1. The molecule has 0 unspecified atom stereocenters. The highest BCUT2D eigenvalue weighted by molar-refractivity contribution is 5.89. The summed E-state index contributed by atoms with van der Waals surface area (Å²) in [4.78, 5) is 35.4. The standard InChI is InChI=1S/C13H19N5O2.C9H11NO.C3H8/c1-10(19)16-11-6-15-18(7-11)12(20)17-4-2-13(3-5-17)8-14-9-13;1-2-10-9-5-3-8(7-11)4-6-9;1-3-2/h6-7,14H,2-5,8-9H2,1H3,(H,16,19);3-7,10H,2H2,1H3;3H2,1-2H3. The van der Waals surface area contributed by atoms with E-state index in [0.717, 1.165) is 57.5 Å². The van der Waals surface area contributed by atoms with Gasteiger partial charge in [-0.1, -0.05) is 20.3 Å². The minimum absolute atomic E-state index is 0.122. The SMILES string of the molecule is CC(=O)Nc1cnn(C(=O)N2CCC3(CC2)CNC3)c1.CCC.CCNc1ccc(C=O)cc1. The van der Waals surface area contributed by atoms with Gasteiger partial charge in [-0.25, -0.2) is 4.79 Å². The second-order valence-corrected chi connectivity index (χ2v) is 8.71. The Morgan fingerprint density at radius 2 is 1.71 bits per heavy atom. The molecule has 186 valence electrons. The van der Waals surface area contributed by atoms with Crippen molar-refractivity contribution in [3.8, 4) is 0 Å². The smallest absolute Gasteiger partial charge is 0.344 e. The van der Waals surface area contributed by atoms with Gasteiger partial charge in [0.2, 0.25) is 5.91 Å². The largest absolute Gasteiger partial charge is 0.385 e. The zero-order valence-corrected chi connectivity index (χ0v) is 20.8. The van der Waals surface area contributed by atoms with Gasteiger partial charge in [0, 0.05) is 50.9 Å². The molecule has 1 aromatic heterocycles. The van der Waals surface area contributed by atoms with Crippen LogP contribution >= 0.6 is 0 Å². The highest BCUT2D eigenvalue weighted by Gasteiger charge is 2.40. The lowest BCUT2D eigenvalue weighted by atomic mass is 9.73. The molecule has 0 saturated carbocycles. The zero-order valence-electron chi connectivity index (χ0n) is 20.8. The average Bonchev–Trinajstić information content (AvgIpc) is 3.27. The van der Waals surface area contributed by atoms with Gasteiger partial charge in [0.25, 0.3) is 0 Å². The van der Waals surface area contributed by atoms with E-state index in [2.05, 4.69) is 34.9 Å². The molecule has 3 heterocycles. The van der Waals surface area contributed by atoms with Gasteiger partial charge in [0.05, 0.1) is 18.1 Å². The van der Waals surface area contributed by atoms with Crippen LogP contribution in [0.3, 0.4) is 0 Å². The van der Waals surface area contributed by atoms with Crippen molar-refractivity contribution in [2.45, 2.75) is 47.0 Å². The van der Waals surface area contributed by atoms with E-state index >= 15 is 0 Å². The lowest BCUT2D eigenvalue weighted by Crippen LogP contribution is -2.59. The monoisotopic (exact) mass is 470 g/mol. The summed E-state index contributed by atoms with van der Waals surface area (Å²) >= 11 is 0. The van der Waals surface area contributed by atoms with Crippen molar-refractivity contribution >= 4 is 29.6 Å². The Balaban J connectivity index is 0.000000247. The van der Waals surface area contributed by atoms with Gasteiger partial charge in [-0.15, -0.1) is 0 Å². The first-order valence-electron chi connectivity index (χ1n) is 12.0. The molecule has 0 atom stereocenters. The third-order valence-corrected chi connectivity index (χ3v) is 5.62. The molecule has 2 aliphatic rings. The number of aromatic nitrogens is 2. The van der Waals surface area contributed by atoms with E-state index in [1.807, 2.05) is 24.0 Å². The highest BCUT2D eigenvalue weighted by atomic mass is 16.2. The first kappa shape index (κ1) is 27.0. The van der Waals surface area contributed by atoms with Gasteiger partial charge < -0.3 is 20.9 Å². The average molecular weight is 471 g/mol. The van der Waals surface area contributed by atoms with Gasteiger partial charge in [-0.05, 0) is 49.4 Å². The minimum atomic E-state index is -0.172. The summed E-state index contributed by atoms with van der Waals surface area (Å²) < 4.78 is 1.29. The number of likely N-dealkylation sites (tertiary alicyclic amines) is 1. The van der Waals surface area contributed by atoms with Crippen LogP contribution in [-0.2, 0) is 4.79 Å². The number of anilines is 2. The molecular formula is C25H38N6O3. The number of piperidine rings is 1. The molecule has 2 fully saturated rings. The summed E-state index contributed by atoms with van der Waals surface area (Å²) in [6.07, 6.45) is 7.23. The maximum atomic E-state index is 12.3. The summed E-state index contributed by atoms with van der Waals surface area (Å²) in [6, 6.07) is 7.26. The van der Waals surface area contributed by atoms with Crippen molar-refractivity contribution in [1.29, 1.82) is 0 Å². The number of nitrogens with zero attached hydrogens (tertiary/aromatic N) is 3. The molecule has 34 heavy (non-hydrogen) atoms. The fraction of sp³-hybridized carbons (Fsp3) is 0.520. The molecule has 1 aromatic carbocycles. The predicted octanol–water partition coefficient (Wildman–Crippen LogP) is 3.84. The molecule has 2 aliphatic heterocycles. The van der Waals surface area contributed by atoms with E-state index in [-0.39, 0.29) is 11.9 Å². The number of hydrogen-bond acceptors (Lipinski definition) is 6. The van der Waals surface area contributed by atoms with Gasteiger partial charge in [-0.3, -0.25) is 9.59 Å². The summed E-state index contributed by atoms with van der Waals surface area (Å²) in [5, 5.41) is 13.1. The second-order valence-electron chi connectivity index (χ2n) is 8.71. The molecule has 1 spiro atoms. The molecular weight excluding hydrogens is 432 g/mol. The van der Waals surface area contributed by atoms with Gasteiger partial charge in [0.15, 0.2) is 0 Å². The van der Waals surface area contributed by atoms with Crippen LogP contribution in [0, 0.1) is 5.41 Å². The Morgan fingerprint density at radius 3 is 2.18 bits per heavy atom. The van der Waals surface area contributed by atoms with Crippen LogP contribution in [0.2, 0.25) is 0 Å². The van der Waals surface area contributed by atoms with Crippen LogP contribution in [-0.4, -0.2) is 65.6 Å². The minimum Gasteiger partial charge on any atom is -0.385 e. The van der Waals surface area contributed by atoms with E-state index in [1.54, 1.807) is 18.3 Å². The van der Waals surface area contributed by atoms with Crippen molar-refractivity contribution < 1.29 is 14.4 Å². The number of hydrogen-bond donors (Lipinski definition) is 3. The molecule has 2 saturated heterocycles. The van der Waals surface area contributed by atoms with E-state index in [9.17, 15) is 14.4 Å². The van der Waals surface area contributed by atoms with Crippen molar-refractivity contribution in [2.24, 2.45) is 5.41 Å². The molecule has 9 nitrogen and oxygen atoms in total. The topological polar surface area (TPSA) is 108 Å². The summed E-state index contributed by atoms with van der Waals surface area (Å²) in [7, 11) is 0. The van der Waals surface area contributed by atoms with Crippen LogP contribution < -0.4 is 16.0 Å². The molecule has 2 aromatic rings. The number of carbonyl (C=O) groups excluding carboxylic acids is 3. The molecule has 9 heteroatoms. The lowest BCUT2D eigenvalue weighted by Gasteiger charge is -2.48. The normalized spacial score (nSPS) is 15.6. The number of rotatable bonds is 4. The Hall–Kier alpha value is -3.20. The van der Waals surface area contributed by atoms with Gasteiger partial charge in [0.1, 0.15) is 6.29 Å². The number of amides is 2. The summed E-state index contributed by atoms with van der Waals surface area (Å²) in [6.45, 7) is 12.3. The third kappa shape index (κ3) is 7.98. The van der Waals surface area contributed by atoms with Gasteiger partial charge in [-0.2, -0.15) is 9.78 Å². The van der Waals surface area contributed by atoms with E-state index in [0.29, 0.717) is 16.7 Å². The summed E-state index contributed by atoms with van der Waals surface area (Å²) in [5.74, 6) is -0.172. The maximum absolute atomic E-state index is 12.3. The fourth-order valence-electron chi connectivity index (χ4n) is 3.73. The lowest BCUT2D eigenvalue weighted by molar-refractivity contribution is -0.114. The molecule has 0 aliphatic carbocycles. The van der Waals surface area contributed by atoms with Crippen molar-refractivity contribution in [1.82, 2.24) is 20.0 Å². The Bertz CT molecular complexity index is 911. The third-order valence-electron chi connectivity index (χ3n) is 5.62. The molecule has 0 radical (unpaired) electrons. The van der Waals surface area contributed by atoms with E-state index in [1.165, 1.54) is 24.2 Å². The van der Waals surface area contributed by atoms with Crippen LogP contribution in [0.4, 0.5) is 16.2 Å². The zero-order chi connectivity index (χ0) is 25.0. The maximum Gasteiger partial charge on any atom is 0.344 e. The number of aldehydes is 1. The molecule has 0 bridgehead atoms. The first-order chi connectivity index (χ1) is 16.4. The van der Waals surface area contributed by atoms with Crippen molar-refractivity contribution in [2.75, 3.05) is 43.4 Å². The highest BCUT2D eigenvalue weighted by Crippen LogP contribution is 2.35. The van der Waals surface area contributed by atoms with Crippen LogP contribution in [0.15, 0.2) is 36.7 Å². The molecule has 2 amide bonds. The first-order valence-corrected chi connectivity index (χ1v) is 12.0. The van der Waals surface area contributed by atoms with Gasteiger partial charge >= 0.3 is 6.03 Å². The number of carbonyl (C=O) groups is 3. The van der Waals surface area contributed by atoms with E-state index in [4.69, 9.17) is 0 Å². The molecule has 3 N–H and O–H groups in total. The second kappa shape index (κ2) is 13.5. The Morgan fingerprint density at radius 1 is 1.09 bits per heavy atom. The van der Waals surface area contributed by atoms with Crippen molar-refractivity contribution in [3.63, 3.8) is 0 Å². The Labute approximate surface area is 202 Å². The van der Waals surface area contributed by atoms with Crippen LogP contribution in [0.1, 0.15) is 57.3 Å². The Kier molecular flexibility index (Phi) is 10.7. The van der Waals surface area contributed by atoms with Crippen LogP contribution in [0.25, 0.3) is 0 Å². The quantitative estimate of drug-likeness (QED) is 0.586.